The third-order valence-corrected chi connectivity index (χ3v) is 12.7. The number of hydrogen-bond donors (Lipinski definition) is 6. The van der Waals surface area contributed by atoms with Gasteiger partial charge in [-0.15, -0.1) is 0 Å². The monoisotopic (exact) mass is 876 g/mol. The van der Waals surface area contributed by atoms with Crippen molar-refractivity contribution in [2.75, 3.05) is 41.4 Å². The molecule has 2 fully saturated rings. The van der Waals surface area contributed by atoms with Crippen LogP contribution >= 0.6 is 0 Å². The molecule has 0 aromatic heterocycles. The summed E-state index contributed by atoms with van der Waals surface area (Å²) in [5.74, 6) is 2.44. The van der Waals surface area contributed by atoms with Gasteiger partial charge in [0, 0.05) is 23.2 Å². The second kappa shape index (κ2) is 15.7. The summed E-state index contributed by atoms with van der Waals surface area (Å²) in [6.07, 6.45) is 8.01. The molecule has 328 valence electrons. The van der Waals surface area contributed by atoms with Crippen LogP contribution in [0.5, 0.6) is 23.0 Å². The Bertz CT molecular complexity index is 2130. The number of hydrogen-bond acceptors (Lipinski definition) is 14. The predicted octanol–water partition coefficient (Wildman–Crippen LogP) is -2.13. The lowest BCUT2D eigenvalue weighted by molar-refractivity contribution is -0.151. The molecule has 2 aromatic carbocycles. The molecule has 10 rings (SSSR count). The summed E-state index contributed by atoms with van der Waals surface area (Å²) in [4.78, 5) is 29.5. The topological polar surface area (TPSA) is 362 Å². The van der Waals surface area contributed by atoms with Crippen LogP contribution < -0.4 is 18.9 Å². The summed E-state index contributed by atoms with van der Waals surface area (Å²) >= 11 is 0. The molecule has 4 bridgehead atoms. The fraction of sp³-hybridized carbons (Fsp3) is 0.500. The number of piperidine rings is 2. The lowest BCUT2D eigenvalue weighted by atomic mass is 9.51. The highest BCUT2D eigenvalue weighted by Gasteiger charge is 2.73. The predicted molar refractivity (Wildman–Crippen MR) is 205 cm³/mol. The van der Waals surface area contributed by atoms with E-state index in [1.54, 1.807) is 26.4 Å². The Morgan fingerprint density at radius 3 is 1.27 bits per heavy atom. The third kappa shape index (κ3) is 7.02. The van der Waals surface area contributed by atoms with Gasteiger partial charge in [0.2, 0.25) is 0 Å². The number of carbonyl (C=O) groups excluding carboxylic acids is 2. The van der Waals surface area contributed by atoms with E-state index in [0.29, 0.717) is 35.8 Å². The molecule has 12 N–H and O–H groups in total. The molecule has 8 aliphatic rings. The van der Waals surface area contributed by atoms with E-state index in [1.807, 2.05) is 26.2 Å². The summed E-state index contributed by atoms with van der Waals surface area (Å²) in [5.41, 5.74) is 0.769. The molecule has 2 spiro atoms. The van der Waals surface area contributed by atoms with Gasteiger partial charge in [-0.1, -0.05) is 12.1 Å². The molecule has 21 nitrogen and oxygen atoms in total. The van der Waals surface area contributed by atoms with Crippen molar-refractivity contribution in [3.05, 3.63) is 70.8 Å². The highest BCUT2D eigenvalue weighted by atomic mass is 32.3. The van der Waals surface area contributed by atoms with E-state index in [-0.39, 0.29) is 40.1 Å². The molecular formula is C36H48N2O19S2. The Labute approximate surface area is 338 Å². The lowest BCUT2D eigenvalue weighted by Gasteiger charge is -2.60. The Morgan fingerprint density at radius 2 is 0.966 bits per heavy atom. The largest absolute Gasteiger partial charge is 0.493 e. The standard InChI is InChI=1S/2C18H19NO4.2H2O4S.3H2O/c2*1-19-8-7-17-14-10-3-4-12(22-2)15(14)23-16(17)11(20)5-6-18(17,21)13(19)9-10;2*1-5(2,3)4;;;/h2*3-6,13,16,21H,7-9H2,1-2H3;2*(H2,1,2,3,4);3*1H2/t2*13-,16?,17+,18-;;;;;/m11...../s1. The Kier molecular flexibility index (Phi) is 12.7. The average molecular weight is 877 g/mol. The van der Waals surface area contributed by atoms with Gasteiger partial charge in [0.05, 0.1) is 25.0 Å². The van der Waals surface area contributed by atoms with Crippen LogP contribution in [0.25, 0.3) is 0 Å². The zero-order valence-electron chi connectivity index (χ0n) is 32.1. The number of carbonyl (C=O) groups is 2. The van der Waals surface area contributed by atoms with Gasteiger partial charge in [0.15, 0.2) is 46.8 Å². The second-order valence-corrected chi connectivity index (χ2v) is 16.9. The number of ketones is 2. The first-order chi connectivity index (χ1) is 26.1. The maximum absolute atomic E-state index is 12.6. The number of nitrogens with zero attached hydrogens (tertiary/aromatic N) is 2. The van der Waals surface area contributed by atoms with Crippen LogP contribution in [0, 0.1) is 0 Å². The zero-order valence-corrected chi connectivity index (χ0v) is 33.8. The molecule has 59 heavy (non-hydrogen) atoms. The maximum Gasteiger partial charge on any atom is 0.394 e. The van der Waals surface area contributed by atoms with Gasteiger partial charge < -0.3 is 45.6 Å². The van der Waals surface area contributed by atoms with E-state index in [4.69, 9.17) is 54.0 Å². The van der Waals surface area contributed by atoms with Gasteiger partial charge in [-0.3, -0.25) is 37.6 Å². The first-order valence-corrected chi connectivity index (χ1v) is 20.3. The van der Waals surface area contributed by atoms with E-state index in [2.05, 4.69) is 21.9 Å². The smallest absolute Gasteiger partial charge is 0.394 e. The van der Waals surface area contributed by atoms with Crippen LogP contribution in [0.3, 0.4) is 0 Å². The van der Waals surface area contributed by atoms with Crippen molar-refractivity contribution >= 4 is 32.4 Å². The fourth-order valence-corrected chi connectivity index (χ4v) is 10.6. The van der Waals surface area contributed by atoms with E-state index in [9.17, 15) is 19.8 Å². The zero-order chi connectivity index (χ0) is 41.0. The number of benzene rings is 2. The van der Waals surface area contributed by atoms with Crippen molar-refractivity contribution in [2.24, 2.45) is 0 Å². The summed E-state index contributed by atoms with van der Waals surface area (Å²) in [6.45, 7) is 1.67. The van der Waals surface area contributed by atoms with E-state index < -0.39 is 55.0 Å². The minimum Gasteiger partial charge on any atom is -0.493 e. The van der Waals surface area contributed by atoms with Crippen molar-refractivity contribution in [1.82, 2.24) is 9.80 Å². The summed E-state index contributed by atoms with van der Waals surface area (Å²) in [7, 11) is -2.04. The van der Waals surface area contributed by atoms with Crippen molar-refractivity contribution < 1.29 is 90.2 Å². The van der Waals surface area contributed by atoms with Crippen LogP contribution in [0.2, 0.25) is 0 Å². The van der Waals surface area contributed by atoms with E-state index in [0.717, 1.165) is 48.2 Å². The van der Waals surface area contributed by atoms with Crippen LogP contribution in [0.1, 0.15) is 35.1 Å². The first-order valence-electron chi connectivity index (χ1n) is 17.5. The first kappa shape index (κ1) is 47.6. The molecule has 0 radical (unpaired) electrons. The van der Waals surface area contributed by atoms with Crippen molar-refractivity contribution in [2.45, 2.75) is 72.0 Å². The van der Waals surface area contributed by atoms with Gasteiger partial charge in [-0.2, -0.15) is 16.8 Å². The second-order valence-electron chi connectivity index (χ2n) is 15.1. The fourth-order valence-electron chi connectivity index (χ4n) is 10.6. The normalized spacial score (nSPS) is 33.1. The van der Waals surface area contributed by atoms with Crippen molar-refractivity contribution in [3.8, 4) is 23.0 Å². The van der Waals surface area contributed by atoms with Gasteiger partial charge in [-0.05, 0) is 100 Å². The highest BCUT2D eigenvalue weighted by Crippen LogP contribution is 2.65. The summed E-state index contributed by atoms with van der Waals surface area (Å²) in [6, 6.07) is 7.83. The van der Waals surface area contributed by atoms with Crippen molar-refractivity contribution in [3.63, 3.8) is 0 Å². The third-order valence-electron chi connectivity index (χ3n) is 12.7. The van der Waals surface area contributed by atoms with Gasteiger partial charge in [0.1, 0.15) is 11.2 Å². The van der Waals surface area contributed by atoms with E-state index >= 15 is 0 Å². The maximum atomic E-state index is 12.6. The van der Waals surface area contributed by atoms with Gasteiger partial charge >= 0.3 is 20.8 Å². The quantitative estimate of drug-likeness (QED) is 0.175. The Morgan fingerprint density at radius 1 is 0.644 bits per heavy atom. The number of rotatable bonds is 2. The van der Waals surface area contributed by atoms with Crippen LogP contribution in [-0.2, 0) is 54.1 Å². The molecule has 2 saturated heterocycles. The number of methoxy groups -OCH3 is 2. The molecule has 4 aliphatic carbocycles. The van der Waals surface area contributed by atoms with Gasteiger partial charge in [-0.25, -0.2) is 0 Å². The highest BCUT2D eigenvalue weighted by molar-refractivity contribution is 7.80. The van der Waals surface area contributed by atoms with E-state index in [1.165, 1.54) is 12.2 Å². The molecule has 2 aromatic rings. The van der Waals surface area contributed by atoms with Crippen LogP contribution in [-0.4, -0.2) is 160 Å². The molecule has 0 saturated carbocycles. The molecule has 8 atom stereocenters. The molecule has 0 amide bonds. The van der Waals surface area contributed by atoms with Crippen LogP contribution in [0.4, 0.5) is 0 Å². The molecule has 4 aliphatic heterocycles. The molecule has 23 heteroatoms. The number of likely N-dealkylation sites (N-methyl/N-ethyl adjacent to an activating group) is 2. The Balaban J connectivity index is 0.000000204. The lowest BCUT2D eigenvalue weighted by Crippen LogP contribution is -2.74. The van der Waals surface area contributed by atoms with Gasteiger partial charge in [0.25, 0.3) is 0 Å². The number of likely N-dealkylation sites (tertiary alicyclic amines) is 2. The average Bonchev–Trinajstić information content (AvgIpc) is 3.65. The summed E-state index contributed by atoms with van der Waals surface area (Å²) < 4.78 is 86.3. The molecule has 4 heterocycles. The minimum absolute atomic E-state index is 0. The molecular weight excluding hydrogens is 829 g/mol. The van der Waals surface area contributed by atoms with Crippen LogP contribution in [0.15, 0.2) is 48.6 Å². The minimum atomic E-state index is -4.67. The molecule has 2 unspecified atom stereocenters. The number of ether oxygens (including phenoxy) is 4. The number of aliphatic hydroxyl groups is 2. The SMILES string of the molecule is COc1ccc2c3c1OC1C(=O)C=C[C@@]4(O)[C@@H](C2)N(C)CC[C@]314.COc1ccc2c3c1OC1C(=O)C=C[C@@]4(O)[C@@H](C2)N(C)CC[C@]314.O.O.O.O=S(=O)(O)O.O=S(=O)(O)O. The van der Waals surface area contributed by atoms with Crippen molar-refractivity contribution in [1.29, 1.82) is 0 Å². The Hall–Kier alpha value is -4.08. The summed E-state index contributed by atoms with van der Waals surface area (Å²) in [5, 5.41) is 23.3.